The van der Waals surface area contributed by atoms with Crippen LogP contribution in [0.4, 0.5) is 25.1 Å². The molecule has 3 aromatic rings. The molecule has 14 heteroatoms. The number of urea groups is 1. The normalized spacial score (nSPS) is 13.4. The van der Waals surface area contributed by atoms with Gasteiger partial charge in [0, 0.05) is 38.3 Å². The molecule has 11 nitrogen and oxygen atoms in total. The van der Waals surface area contributed by atoms with Gasteiger partial charge in [-0.1, -0.05) is 6.07 Å². The third kappa shape index (κ3) is 5.96. The van der Waals surface area contributed by atoms with Crippen LogP contribution in [0, 0.1) is 11.6 Å². The van der Waals surface area contributed by atoms with Gasteiger partial charge in [-0.25, -0.2) is 27.6 Å². The Kier molecular flexibility index (Phi) is 7.71. The first kappa shape index (κ1) is 26.7. The highest BCUT2D eigenvalue weighted by atomic mass is 32.2. The Hall–Kier alpha value is -4.33. The van der Waals surface area contributed by atoms with Crippen molar-refractivity contribution in [2.24, 2.45) is 0 Å². The highest BCUT2D eigenvalue weighted by Gasteiger charge is 2.33. The maximum Gasteiger partial charge on any atom is 0.330 e. The Balaban J connectivity index is 1.56. The van der Waals surface area contributed by atoms with Gasteiger partial charge in [0.1, 0.15) is 29.2 Å². The van der Waals surface area contributed by atoms with Crippen LogP contribution in [0.1, 0.15) is 11.1 Å². The molecule has 1 aromatic carbocycles. The van der Waals surface area contributed by atoms with Crippen molar-refractivity contribution in [3.8, 4) is 5.75 Å². The van der Waals surface area contributed by atoms with Crippen molar-refractivity contribution in [1.82, 2.24) is 20.0 Å². The second-order valence-corrected chi connectivity index (χ2v) is 10.00. The molecule has 0 fully saturated rings. The van der Waals surface area contributed by atoms with Gasteiger partial charge >= 0.3 is 16.2 Å². The molecule has 0 saturated carbocycles. The summed E-state index contributed by atoms with van der Waals surface area (Å²) >= 11 is 0. The zero-order valence-corrected chi connectivity index (χ0v) is 21.2. The Morgan fingerprint density at radius 2 is 1.92 bits per heavy atom. The summed E-state index contributed by atoms with van der Waals surface area (Å²) in [4.78, 5) is 35.4. The maximum absolute atomic E-state index is 13.8. The summed E-state index contributed by atoms with van der Waals surface area (Å²) < 4.78 is 61.5. The average molecular weight is 547 g/mol. The molecule has 1 aliphatic heterocycles. The van der Waals surface area contributed by atoms with E-state index in [1.165, 1.54) is 38.8 Å². The molecule has 0 aliphatic carbocycles. The lowest BCUT2D eigenvalue weighted by molar-refractivity contribution is -0.120. The van der Waals surface area contributed by atoms with Crippen LogP contribution in [-0.4, -0.2) is 57.1 Å². The number of halogens is 2. The summed E-state index contributed by atoms with van der Waals surface area (Å²) in [6, 6.07) is 5.01. The number of aromatic nitrogens is 2. The van der Waals surface area contributed by atoms with Crippen molar-refractivity contribution >= 4 is 33.7 Å². The van der Waals surface area contributed by atoms with Gasteiger partial charge in [0.15, 0.2) is 0 Å². The molecule has 1 atom stereocenters. The van der Waals surface area contributed by atoms with E-state index in [9.17, 15) is 26.8 Å². The second kappa shape index (κ2) is 11.0. The van der Waals surface area contributed by atoms with Crippen LogP contribution in [0.25, 0.3) is 0 Å². The number of hydrogen-bond donors (Lipinski definition) is 2. The van der Waals surface area contributed by atoms with E-state index in [0.29, 0.717) is 29.5 Å². The van der Waals surface area contributed by atoms with Crippen molar-refractivity contribution < 1.29 is 31.5 Å². The molecule has 0 radical (unpaired) electrons. The van der Waals surface area contributed by atoms with E-state index in [2.05, 4.69) is 15.3 Å². The number of fused-ring (bicyclic) bond motifs is 1. The quantitative estimate of drug-likeness (QED) is 0.441. The Morgan fingerprint density at radius 3 is 2.63 bits per heavy atom. The van der Waals surface area contributed by atoms with Crippen molar-refractivity contribution in [2.45, 2.75) is 18.9 Å². The SMILES string of the molecule is COc1cncc(N(C)C(=O)[C@H](Cc2cc(F)cc(F)c2)NC(=O)NS(=O)(=O)N2CCc3cccnc32)c1. The number of carbonyl (C=O) groups is 2. The van der Waals surface area contributed by atoms with Gasteiger partial charge in [-0.15, -0.1) is 0 Å². The van der Waals surface area contributed by atoms with E-state index in [1.807, 2.05) is 4.72 Å². The predicted molar refractivity (Wildman–Crippen MR) is 134 cm³/mol. The molecule has 200 valence electrons. The number of benzene rings is 1. The van der Waals surface area contributed by atoms with Crippen molar-refractivity contribution in [3.63, 3.8) is 0 Å². The second-order valence-electron chi connectivity index (χ2n) is 8.40. The number of pyridine rings is 2. The van der Waals surface area contributed by atoms with Crippen LogP contribution in [0.2, 0.25) is 0 Å². The minimum absolute atomic E-state index is 0.0684. The number of ether oxygens (including phenoxy) is 1. The van der Waals surface area contributed by atoms with E-state index in [4.69, 9.17) is 4.74 Å². The fourth-order valence-electron chi connectivity index (χ4n) is 4.00. The number of hydrogen-bond acceptors (Lipinski definition) is 7. The number of amides is 3. The van der Waals surface area contributed by atoms with Gasteiger partial charge in [-0.05, 0) is 35.7 Å². The van der Waals surface area contributed by atoms with Crippen LogP contribution >= 0.6 is 0 Å². The lowest BCUT2D eigenvalue weighted by atomic mass is 10.0. The number of anilines is 2. The monoisotopic (exact) mass is 546 g/mol. The van der Waals surface area contributed by atoms with Gasteiger partial charge in [0.25, 0.3) is 0 Å². The van der Waals surface area contributed by atoms with Gasteiger partial charge in [-0.2, -0.15) is 8.42 Å². The topological polar surface area (TPSA) is 134 Å². The number of nitrogens with one attached hydrogen (secondary N) is 2. The van der Waals surface area contributed by atoms with E-state index < -0.39 is 39.8 Å². The van der Waals surface area contributed by atoms with Gasteiger partial charge in [-0.3, -0.25) is 9.78 Å². The standard InChI is InChI=1S/C24H24F2N6O5S/c1-31(19-12-20(37-2)14-27-13-19)23(33)21(10-15-8-17(25)11-18(26)9-15)29-24(34)30-38(35,36)32-7-5-16-4-3-6-28-22(16)32/h3-4,6,8-9,11-14,21H,5,7,10H2,1-2H3,(H2,29,30,34)/t21-/m0/s1. The van der Waals surface area contributed by atoms with E-state index in [1.54, 1.807) is 12.1 Å². The molecular weight excluding hydrogens is 522 g/mol. The fraction of sp³-hybridized carbons (Fsp3) is 0.250. The summed E-state index contributed by atoms with van der Waals surface area (Å²) in [6.45, 7) is 0.0749. The number of nitrogens with zero attached hydrogens (tertiary/aromatic N) is 4. The Labute approximate surface area is 217 Å². The van der Waals surface area contributed by atoms with Gasteiger partial charge < -0.3 is 15.0 Å². The van der Waals surface area contributed by atoms with Crippen LogP contribution < -0.4 is 24.0 Å². The summed E-state index contributed by atoms with van der Waals surface area (Å²) in [5, 5.41) is 2.32. The Bertz CT molecular complexity index is 1450. The predicted octanol–water partition coefficient (Wildman–Crippen LogP) is 1.94. The number of methoxy groups -OCH3 is 1. The third-order valence-electron chi connectivity index (χ3n) is 5.82. The van der Waals surface area contributed by atoms with E-state index >= 15 is 0 Å². The molecule has 38 heavy (non-hydrogen) atoms. The molecule has 0 bridgehead atoms. The largest absolute Gasteiger partial charge is 0.495 e. The van der Waals surface area contributed by atoms with Crippen LogP contribution in [-0.2, 0) is 27.8 Å². The third-order valence-corrected chi connectivity index (χ3v) is 7.20. The molecule has 0 saturated heterocycles. The lowest BCUT2D eigenvalue weighted by Crippen LogP contribution is -2.54. The lowest BCUT2D eigenvalue weighted by Gasteiger charge is -2.25. The summed E-state index contributed by atoms with van der Waals surface area (Å²) in [5.74, 6) is -1.89. The van der Waals surface area contributed by atoms with Crippen LogP contribution in [0.3, 0.4) is 0 Å². The molecule has 1 aliphatic rings. The molecule has 0 spiro atoms. The smallest absolute Gasteiger partial charge is 0.330 e. The zero-order chi connectivity index (χ0) is 27.4. The average Bonchev–Trinajstić information content (AvgIpc) is 3.32. The highest BCUT2D eigenvalue weighted by molar-refractivity contribution is 7.91. The van der Waals surface area contributed by atoms with Crippen molar-refractivity contribution in [2.75, 3.05) is 29.9 Å². The molecule has 4 rings (SSSR count). The highest BCUT2D eigenvalue weighted by Crippen LogP contribution is 2.27. The van der Waals surface area contributed by atoms with E-state index in [-0.39, 0.29) is 24.3 Å². The molecule has 2 aromatic heterocycles. The van der Waals surface area contributed by atoms with Crippen LogP contribution in [0.5, 0.6) is 5.75 Å². The van der Waals surface area contributed by atoms with Gasteiger partial charge in [0.2, 0.25) is 5.91 Å². The fourth-order valence-corrected chi connectivity index (χ4v) is 5.13. The molecular formula is C24H24F2N6O5S. The first-order valence-corrected chi connectivity index (χ1v) is 12.8. The minimum Gasteiger partial charge on any atom is -0.495 e. The molecule has 0 unspecified atom stereocenters. The maximum atomic E-state index is 13.8. The van der Waals surface area contributed by atoms with Gasteiger partial charge in [0.05, 0.1) is 25.2 Å². The van der Waals surface area contributed by atoms with Crippen molar-refractivity contribution in [3.05, 3.63) is 77.8 Å². The van der Waals surface area contributed by atoms with Crippen LogP contribution in [0.15, 0.2) is 55.0 Å². The molecule has 2 N–H and O–H groups in total. The minimum atomic E-state index is -4.37. The van der Waals surface area contributed by atoms with E-state index in [0.717, 1.165) is 21.3 Å². The van der Waals surface area contributed by atoms with Crippen molar-refractivity contribution in [1.29, 1.82) is 0 Å². The summed E-state index contributed by atoms with van der Waals surface area (Å²) in [6.07, 6.45) is 4.31. The number of carbonyl (C=O) groups excluding carboxylic acids is 2. The summed E-state index contributed by atoms with van der Waals surface area (Å²) in [7, 11) is -1.55. The Morgan fingerprint density at radius 1 is 1.18 bits per heavy atom. The number of rotatable bonds is 8. The first-order chi connectivity index (χ1) is 18.1. The zero-order valence-electron chi connectivity index (χ0n) is 20.4. The molecule has 3 heterocycles. The molecule has 3 amide bonds. The summed E-state index contributed by atoms with van der Waals surface area (Å²) in [5.41, 5.74) is 1.08. The number of likely N-dealkylation sites (N-methyl/N-ethyl adjacent to an activating group) is 1. The first-order valence-electron chi connectivity index (χ1n) is 11.3.